The van der Waals surface area contributed by atoms with Crippen molar-refractivity contribution in [2.75, 3.05) is 12.3 Å². The number of rotatable bonds is 1. The molecule has 0 saturated carbocycles. The van der Waals surface area contributed by atoms with Crippen molar-refractivity contribution < 1.29 is 4.79 Å². The molecule has 0 fully saturated rings. The molecule has 16 heavy (non-hydrogen) atoms. The molecule has 1 aromatic rings. The average Bonchev–Trinajstić information content (AvgIpc) is 2.19. The Labute approximate surface area is 100.0 Å². The van der Waals surface area contributed by atoms with Crippen LogP contribution < -0.4 is 11.1 Å². The molecule has 0 aliphatic heterocycles. The number of aryl methyl sites for hydroxylation is 1. The summed E-state index contributed by atoms with van der Waals surface area (Å²) in [6, 6.07) is 3.51. The number of carbonyl (C=O) groups excluding carboxylic acids is 1. The Morgan fingerprint density at radius 1 is 1.56 bits per heavy atom. The highest BCUT2D eigenvalue weighted by molar-refractivity contribution is 6.32. The Morgan fingerprint density at radius 3 is 2.88 bits per heavy atom. The predicted octanol–water partition coefficient (Wildman–Crippen LogP) is 1.72. The molecular weight excluding hydrogens is 224 g/mol. The summed E-state index contributed by atoms with van der Waals surface area (Å²) < 4.78 is 0. The van der Waals surface area contributed by atoms with Gasteiger partial charge in [0.05, 0.1) is 11.6 Å². The quantitative estimate of drug-likeness (QED) is 0.576. The molecule has 3 N–H and O–H groups in total. The molecule has 84 valence electrons. The smallest absolute Gasteiger partial charge is 0.217 e. The summed E-state index contributed by atoms with van der Waals surface area (Å²) in [5.41, 5.74) is 8.00. The Kier molecular flexibility index (Phi) is 4.21. The number of hydrogen-bond acceptors (Lipinski definition) is 2. The fourth-order valence-corrected chi connectivity index (χ4v) is 1.32. The van der Waals surface area contributed by atoms with E-state index in [9.17, 15) is 4.79 Å². The van der Waals surface area contributed by atoms with Crippen molar-refractivity contribution >= 4 is 23.2 Å². The Bertz CT molecular complexity index is 472. The van der Waals surface area contributed by atoms with Crippen LogP contribution in [0.5, 0.6) is 0 Å². The molecule has 0 bridgehead atoms. The molecule has 3 nitrogen and oxygen atoms in total. The first-order chi connectivity index (χ1) is 7.50. The van der Waals surface area contributed by atoms with E-state index in [0.717, 1.165) is 11.1 Å². The third-order valence-electron chi connectivity index (χ3n) is 2.00. The molecule has 1 aromatic carbocycles. The van der Waals surface area contributed by atoms with Crippen molar-refractivity contribution in [3.05, 3.63) is 28.3 Å². The zero-order valence-corrected chi connectivity index (χ0v) is 9.98. The van der Waals surface area contributed by atoms with Crippen LogP contribution in [0.15, 0.2) is 12.1 Å². The molecule has 0 saturated heterocycles. The van der Waals surface area contributed by atoms with Crippen molar-refractivity contribution in [2.45, 2.75) is 13.8 Å². The molecule has 4 heteroatoms. The van der Waals surface area contributed by atoms with Gasteiger partial charge in [-0.1, -0.05) is 23.4 Å². The van der Waals surface area contributed by atoms with Gasteiger partial charge < -0.3 is 11.1 Å². The lowest BCUT2D eigenvalue weighted by Crippen LogP contribution is -2.19. The van der Waals surface area contributed by atoms with Crippen molar-refractivity contribution in [3.8, 4) is 11.8 Å². The molecule has 1 amide bonds. The number of carbonyl (C=O) groups is 1. The molecule has 0 aliphatic rings. The Morgan fingerprint density at radius 2 is 2.25 bits per heavy atom. The van der Waals surface area contributed by atoms with E-state index in [4.69, 9.17) is 17.3 Å². The lowest BCUT2D eigenvalue weighted by Gasteiger charge is -2.02. The van der Waals surface area contributed by atoms with E-state index in [-0.39, 0.29) is 5.91 Å². The molecular formula is C12H13ClN2O. The van der Waals surface area contributed by atoms with Crippen LogP contribution in [0.3, 0.4) is 0 Å². The number of nitrogens with two attached hydrogens (primary N) is 1. The maximum absolute atomic E-state index is 10.6. The van der Waals surface area contributed by atoms with Crippen LogP contribution in [-0.4, -0.2) is 12.5 Å². The lowest BCUT2D eigenvalue weighted by atomic mass is 10.1. The van der Waals surface area contributed by atoms with Gasteiger partial charge in [0.25, 0.3) is 0 Å². The minimum atomic E-state index is -0.103. The third-order valence-corrected chi connectivity index (χ3v) is 2.32. The molecule has 0 aliphatic carbocycles. The Hall–Kier alpha value is -1.66. The molecule has 0 aromatic heterocycles. The second-order valence-electron chi connectivity index (χ2n) is 3.40. The summed E-state index contributed by atoms with van der Waals surface area (Å²) in [4.78, 5) is 10.6. The van der Waals surface area contributed by atoms with Crippen LogP contribution >= 0.6 is 11.6 Å². The van der Waals surface area contributed by atoms with Gasteiger partial charge in [-0.05, 0) is 24.6 Å². The van der Waals surface area contributed by atoms with Crippen molar-refractivity contribution in [1.29, 1.82) is 0 Å². The summed E-state index contributed by atoms with van der Waals surface area (Å²) in [7, 11) is 0. The summed E-state index contributed by atoms with van der Waals surface area (Å²) in [6.07, 6.45) is 0. The topological polar surface area (TPSA) is 55.1 Å². The van der Waals surface area contributed by atoms with E-state index in [1.165, 1.54) is 6.92 Å². The highest BCUT2D eigenvalue weighted by Gasteiger charge is 2.00. The summed E-state index contributed by atoms with van der Waals surface area (Å²) >= 11 is 5.97. The van der Waals surface area contributed by atoms with Crippen LogP contribution in [0, 0.1) is 18.8 Å². The number of halogens is 1. The van der Waals surface area contributed by atoms with Crippen molar-refractivity contribution in [1.82, 2.24) is 5.32 Å². The van der Waals surface area contributed by atoms with Gasteiger partial charge >= 0.3 is 0 Å². The van der Waals surface area contributed by atoms with E-state index in [1.54, 1.807) is 6.07 Å². The first kappa shape index (κ1) is 12.4. The summed E-state index contributed by atoms with van der Waals surface area (Å²) in [5.74, 6) is 5.59. The fourth-order valence-electron chi connectivity index (χ4n) is 1.10. The van der Waals surface area contributed by atoms with Gasteiger partial charge in [-0.2, -0.15) is 0 Å². The summed E-state index contributed by atoms with van der Waals surface area (Å²) in [6.45, 7) is 3.65. The van der Waals surface area contributed by atoms with E-state index in [2.05, 4.69) is 17.2 Å². The number of hydrogen-bond donors (Lipinski definition) is 2. The normalized spacial score (nSPS) is 9.19. The molecule has 0 radical (unpaired) electrons. The van der Waals surface area contributed by atoms with Gasteiger partial charge in [0.15, 0.2) is 0 Å². The monoisotopic (exact) mass is 236 g/mol. The van der Waals surface area contributed by atoms with Gasteiger partial charge in [-0.15, -0.1) is 0 Å². The van der Waals surface area contributed by atoms with Crippen LogP contribution in [0.1, 0.15) is 18.1 Å². The highest BCUT2D eigenvalue weighted by atomic mass is 35.5. The Balaban J connectivity index is 2.81. The van der Waals surface area contributed by atoms with Crippen LogP contribution in [0.2, 0.25) is 5.02 Å². The number of amides is 1. The first-order valence-corrected chi connectivity index (χ1v) is 5.17. The van der Waals surface area contributed by atoms with Gasteiger partial charge in [-0.25, -0.2) is 0 Å². The van der Waals surface area contributed by atoms with E-state index in [1.807, 2.05) is 13.0 Å². The van der Waals surface area contributed by atoms with Gasteiger partial charge in [0, 0.05) is 18.2 Å². The zero-order chi connectivity index (χ0) is 12.1. The van der Waals surface area contributed by atoms with Crippen LogP contribution in [0.25, 0.3) is 0 Å². The SMILES string of the molecule is CC(=O)NCC#Cc1cc(C)c(N)cc1Cl. The second kappa shape index (κ2) is 5.43. The largest absolute Gasteiger partial charge is 0.398 e. The van der Waals surface area contributed by atoms with E-state index in [0.29, 0.717) is 17.3 Å². The van der Waals surface area contributed by atoms with E-state index >= 15 is 0 Å². The number of anilines is 1. The van der Waals surface area contributed by atoms with Crippen molar-refractivity contribution in [2.24, 2.45) is 0 Å². The summed E-state index contributed by atoms with van der Waals surface area (Å²) in [5, 5.41) is 3.11. The maximum Gasteiger partial charge on any atom is 0.217 e. The lowest BCUT2D eigenvalue weighted by molar-refractivity contribution is -0.118. The van der Waals surface area contributed by atoms with Crippen LogP contribution in [0.4, 0.5) is 5.69 Å². The maximum atomic E-state index is 10.6. The second-order valence-corrected chi connectivity index (χ2v) is 3.81. The minimum Gasteiger partial charge on any atom is -0.398 e. The highest BCUT2D eigenvalue weighted by Crippen LogP contribution is 2.21. The van der Waals surface area contributed by atoms with E-state index < -0.39 is 0 Å². The molecule has 1 rings (SSSR count). The number of nitrogens with one attached hydrogen (secondary N) is 1. The van der Waals surface area contributed by atoms with Crippen LogP contribution in [-0.2, 0) is 4.79 Å². The van der Waals surface area contributed by atoms with Gasteiger partial charge in [-0.3, -0.25) is 4.79 Å². The first-order valence-electron chi connectivity index (χ1n) is 4.79. The molecule has 0 unspecified atom stereocenters. The fraction of sp³-hybridized carbons (Fsp3) is 0.250. The minimum absolute atomic E-state index is 0.103. The van der Waals surface area contributed by atoms with Gasteiger partial charge in [0.1, 0.15) is 0 Å². The third kappa shape index (κ3) is 3.48. The zero-order valence-electron chi connectivity index (χ0n) is 9.23. The molecule has 0 heterocycles. The standard InChI is InChI=1S/C12H13ClN2O/c1-8-6-10(11(13)7-12(8)14)4-3-5-15-9(2)16/h6-7H,5,14H2,1-2H3,(H,15,16). The average molecular weight is 237 g/mol. The number of nitrogen functional groups attached to an aromatic ring is 1. The predicted molar refractivity (Wildman–Crippen MR) is 66.2 cm³/mol. The van der Waals surface area contributed by atoms with Gasteiger partial charge in [0.2, 0.25) is 5.91 Å². The molecule has 0 atom stereocenters. The number of benzene rings is 1. The molecule has 0 spiro atoms. The van der Waals surface area contributed by atoms with Crippen molar-refractivity contribution in [3.63, 3.8) is 0 Å².